The average Bonchev–Trinajstić information content (AvgIpc) is 2.28. The lowest BCUT2D eigenvalue weighted by molar-refractivity contribution is 0.102. The van der Waals surface area contributed by atoms with Crippen LogP contribution in [0.5, 0.6) is 0 Å². The van der Waals surface area contributed by atoms with E-state index in [1.165, 1.54) is 11.8 Å². The normalized spacial score (nSPS) is 12.5. The van der Waals surface area contributed by atoms with Crippen LogP contribution >= 0.6 is 35.0 Å². The second kappa shape index (κ2) is 7.27. The Balaban J connectivity index is 2.52. The summed E-state index contributed by atoms with van der Waals surface area (Å²) in [5.41, 5.74) is 0.500. The molecule has 0 aliphatic rings. The van der Waals surface area contributed by atoms with Gasteiger partial charge in [0.15, 0.2) is 5.78 Å². The van der Waals surface area contributed by atoms with Crippen molar-refractivity contribution in [2.75, 3.05) is 18.1 Å². The van der Waals surface area contributed by atoms with Crippen molar-refractivity contribution in [2.45, 2.75) is 6.92 Å². The summed E-state index contributed by atoms with van der Waals surface area (Å²) in [6.45, 7) is 2.08. The molecule has 0 fully saturated rings. The lowest BCUT2D eigenvalue weighted by Gasteiger charge is -2.07. The number of hydrogen-bond acceptors (Lipinski definition) is 3. The van der Waals surface area contributed by atoms with E-state index in [9.17, 15) is 4.79 Å². The number of carbonyl (C=O) groups is 1. The molecule has 17 heavy (non-hydrogen) atoms. The van der Waals surface area contributed by atoms with Crippen LogP contribution < -0.4 is 0 Å². The van der Waals surface area contributed by atoms with Gasteiger partial charge in [0, 0.05) is 17.2 Å². The van der Waals surface area contributed by atoms with Crippen molar-refractivity contribution in [3.63, 3.8) is 0 Å². The molecule has 0 aliphatic carbocycles. The zero-order valence-corrected chi connectivity index (χ0v) is 11.8. The molecule has 1 N–H and O–H groups in total. The summed E-state index contributed by atoms with van der Waals surface area (Å²) in [6.07, 6.45) is 0. The second-order valence-electron chi connectivity index (χ2n) is 3.85. The van der Waals surface area contributed by atoms with E-state index in [2.05, 4.69) is 0 Å². The Bertz CT molecular complexity index is 396. The Morgan fingerprint density at radius 2 is 2.18 bits per heavy atom. The van der Waals surface area contributed by atoms with Gasteiger partial charge in [-0.05, 0) is 29.9 Å². The highest BCUT2D eigenvalue weighted by molar-refractivity contribution is 7.99. The third kappa shape index (κ3) is 4.88. The molecule has 0 aromatic heterocycles. The summed E-state index contributed by atoms with van der Waals surface area (Å²) < 4.78 is 0. The molecular formula is C12H14Cl2O2S. The monoisotopic (exact) mass is 292 g/mol. The fourth-order valence-electron chi connectivity index (χ4n) is 1.20. The summed E-state index contributed by atoms with van der Waals surface area (Å²) in [5, 5.41) is 9.77. The summed E-state index contributed by atoms with van der Waals surface area (Å²) >= 11 is 13.2. The third-order valence-electron chi connectivity index (χ3n) is 2.18. The van der Waals surface area contributed by atoms with Gasteiger partial charge in [-0.1, -0.05) is 30.1 Å². The minimum absolute atomic E-state index is 0.0122. The topological polar surface area (TPSA) is 37.3 Å². The Morgan fingerprint density at radius 3 is 2.76 bits per heavy atom. The van der Waals surface area contributed by atoms with Gasteiger partial charge in [0.05, 0.1) is 10.8 Å². The number of ketones is 1. The molecule has 1 aromatic rings. The number of rotatable bonds is 6. The number of aliphatic hydroxyl groups excluding tert-OH is 1. The predicted molar refractivity (Wildman–Crippen MR) is 74.4 cm³/mol. The van der Waals surface area contributed by atoms with E-state index in [1.807, 2.05) is 6.92 Å². The zero-order valence-electron chi connectivity index (χ0n) is 9.45. The highest BCUT2D eigenvalue weighted by Crippen LogP contribution is 2.22. The molecule has 1 unspecified atom stereocenters. The van der Waals surface area contributed by atoms with Gasteiger partial charge < -0.3 is 5.11 Å². The molecule has 0 saturated heterocycles. The highest BCUT2D eigenvalue weighted by atomic mass is 35.5. The van der Waals surface area contributed by atoms with Gasteiger partial charge in [-0.2, -0.15) is 11.8 Å². The van der Waals surface area contributed by atoms with E-state index in [-0.39, 0.29) is 18.3 Å². The van der Waals surface area contributed by atoms with Crippen molar-refractivity contribution in [3.05, 3.63) is 33.8 Å². The number of thioether (sulfide) groups is 1. The second-order valence-corrected chi connectivity index (χ2v) is 5.72. The number of hydrogen-bond donors (Lipinski definition) is 1. The molecule has 0 aliphatic heterocycles. The van der Waals surface area contributed by atoms with Gasteiger partial charge in [0.25, 0.3) is 0 Å². The van der Waals surface area contributed by atoms with Crippen LogP contribution in [0, 0.1) is 5.92 Å². The molecule has 1 aromatic carbocycles. The van der Waals surface area contributed by atoms with Crippen molar-refractivity contribution in [1.29, 1.82) is 0 Å². The van der Waals surface area contributed by atoms with E-state index in [1.54, 1.807) is 18.2 Å². The molecule has 1 rings (SSSR count). The minimum atomic E-state index is -0.0122. The maximum absolute atomic E-state index is 11.8. The highest BCUT2D eigenvalue weighted by Gasteiger charge is 2.11. The molecular weight excluding hydrogens is 279 g/mol. The molecule has 0 heterocycles. The lowest BCUT2D eigenvalue weighted by Crippen LogP contribution is -2.08. The fraction of sp³-hybridized carbons (Fsp3) is 0.417. The van der Waals surface area contributed by atoms with Crippen molar-refractivity contribution in [2.24, 2.45) is 5.92 Å². The van der Waals surface area contributed by atoms with Gasteiger partial charge in [0.1, 0.15) is 0 Å². The summed E-state index contributed by atoms with van der Waals surface area (Å²) in [5.74, 6) is 1.31. The van der Waals surface area contributed by atoms with Crippen molar-refractivity contribution in [3.8, 4) is 0 Å². The predicted octanol–water partition coefficient (Wildman–Crippen LogP) is 3.54. The number of halogens is 2. The largest absolute Gasteiger partial charge is 0.396 e. The maximum atomic E-state index is 11.8. The SMILES string of the molecule is CC(CO)CSCC(=O)c1ccc(Cl)cc1Cl. The van der Waals surface area contributed by atoms with Crippen LogP contribution in [0.15, 0.2) is 18.2 Å². The summed E-state index contributed by atoms with van der Waals surface area (Å²) in [4.78, 5) is 11.8. The maximum Gasteiger partial charge on any atom is 0.174 e. The van der Waals surface area contributed by atoms with Crippen LogP contribution in [-0.4, -0.2) is 29.0 Å². The van der Waals surface area contributed by atoms with E-state index in [0.29, 0.717) is 21.4 Å². The summed E-state index contributed by atoms with van der Waals surface area (Å²) in [6, 6.07) is 4.86. The van der Waals surface area contributed by atoms with Gasteiger partial charge in [-0.3, -0.25) is 4.79 Å². The standard InChI is InChI=1S/C12H14Cl2O2S/c1-8(5-15)6-17-7-12(16)10-3-2-9(13)4-11(10)14/h2-4,8,15H,5-7H2,1H3. The first kappa shape index (κ1) is 14.8. The summed E-state index contributed by atoms with van der Waals surface area (Å²) in [7, 11) is 0. The quantitative estimate of drug-likeness (QED) is 0.815. The van der Waals surface area contributed by atoms with Gasteiger partial charge in [-0.15, -0.1) is 0 Å². The number of carbonyl (C=O) groups excluding carboxylic acids is 1. The van der Waals surface area contributed by atoms with E-state index in [0.717, 1.165) is 5.75 Å². The first-order chi connectivity index (χ1) is 8.04. The lowest BCUT2D eigenvalue weighted by atomic mass is 10.1. The molecule has 1 atom stereocenters. The van der Waals surface area contributed by atoms with Gasteiger partial charge >= 0.3 is 0 Å². The van der Waals surface area contributed by atoms with Crippen LogP contribution in [0.2, 0.25) is 10.0 Å². The minimum Gasteiger partial charge on any atom is -0.396 e. The third-order valence-corrected chi connectivity index (χ3v) is 4.00. The van der Waals surface area contributed by atoms with E-state index >= 15 is 0 Å². The van der Waals surface area contributed by atoms with Gasteiger partial charge in [0.2, 0.25) is 0 Å². The van der Waals surface area contributed by atoms with E-state index < -0.39 is 0 Å². The molecule has 5 heteroatoms. The Kier molecular flexibility index (Phi) is 6.34. The van der Waals surface area contributed by atoms with Crippen LogP contribution in [0.25, 0.3) is 0 Å². The smallest absolute Gasteiger partial charge is 0.174 e. The van der Waals surface area contributed by atoms with Crippen LogP contribution in [0.4, 0.5) is 0 Å². The average molecular weight is 293 g/mol. The molecule has 2 nitrogen and oxygen atoms in total. The molecule has 0 bridgehead atoms. The molecule has 94 valence electrons. The van der Waals surface area contributed by atoms with Crippen LogP contribution in [-0.2, 0) is 0 Å². The van der Waals surface area contributed by atoms with Crippen LogP contribution in [0.3, 0.4) is 0 Å². The molecule has 0 amide bonds. The Labute approximate surface area is 115 Å². The van der Waals surface area contributed by atoms with E-state index in [4.69, 9.17) is 28.3 Å². The van der Waals surface area contributed by atoms with Crippen molar-refractivity contribution >= 4 is 40.7 Å². The fourth-order valence-corrected chi connectivity index (χ4v) is 2.68. The first-order valence-corrected chi connectivity index (χ1v) is 7.12. The van der Waals surface area contributed by atoms with Crippen LogP contribution in [0.1, 0.15) is 17.3 Å². The van der Waals surface area contributed by atoms with Gasteiger partial charge in [-0.25, -0.2) is 0 Å². The Hall–Kier alpha value is -0.220. The number of benzene rings is 1. The molecule has 0 saturated carbocycles. The number of Topliss-reactive ketones (excluding diaryl/α,β-unsaturated/α-hetero) is 1. The molecule has 0 radical (unpaired) electrons. The number of aliphatic hydroxyl groups is 1. The first-order valence-electron chi connectivity index (χ1n) is 5.21. The molecule has 0 spiro atoms. The Morgan fingerprint density at radius 1 is 1.47 bits per heavy atom. The zero-order chi connectivity index (χ0) is 12.8. The van der Waals surface area contributed by atoms with Crippen molar-refractivity contribution < 1.29 is 9.90 Å². The van der Waals surface area contributed by atoms with Crippen molar-refractivity contribution in [1.82, 2.24) is 0 Å².